The molecule has 1 spiro atoms. The number of piperidine rings is 2. The Morgan fingerprint density at radius 2 is 1.29 bits per heavy atom. The van der Waals surface area contributed by atoms with Crippen LogP contribution in [0, 0.1) is 5.41 Å². The Bertz CT molecular complexity index is 623. The van der Waals surface area contributed by atoms with Crippen LogP contribution in [-0.2, 0) is 9.47 Å². The molecule has 0 saturated carbocycles. The van der Waals surface area contributed by atoms with Gasteiger partial charge in [0.05, 0.1) is 19.3 Å². The highest BCUT2D eigenvalue weighted by Gasteiger charge is 2.39. The lowest BCUT2D eigenvalue weighted by Crippen LogP contribution is -2.51. The number of aliphatic hydroxyl groups excluding tert-OH is 2. The predicted molar refractivity (Wildman–Crippen MR) is 131 cm³/mol. The molecule has 2 aliphatic rings. The monoisotopic (exact) mass is 485 g/mol. The molecule has 2 aliphatic heterocycles. The summed E-state index contributed by atoms with van der Waals surface area (Å²) in [5, 5.41) is 18.9. The minimum absolute atomic E-state index is 0.000879. The molecule has 0 aromatic carbocycles. The fourth-order valence-electron chi connectivity index (χ4n) is 4.75. The third-order valence-corrected chi connectivity index (χ3v) is 6.80. The van der Waals surface area contributed by atoms with Gasteiger partial charge >= 0.3 is 12.2 Å². The highest BCUT2D eigenvalue weighted by molar-refractivity contribution is 5.88. The first-order valence-electron chi connectivity index (χ1n) is 12.7. The molecule has 2 fully saturated rings. The van der Waals surface area contributed by atoms with E-state index >= 15 is 0 Å². The molecule has 9 nitrogen and oxygen atoms in total. The molecule has 0 atom stereocenters. The molecule has 0 aromatic rings. The van der Waals surface area contributed by atoms with Crippen molar-refractivity contribution in [3.8, 4) is 0 Å². The molecule has 2 N–H and O–H groups in total. The number of ether oxygens (including phenoxy) is 2. The average Bonchev–Trinajstić information content (AvgIpc) is 2.72. The minimum atomic E-state index is -0.692. The average molecular weight is 486 g/mol. The van der Waals surface area contributed by atoms with Gasteiger partial charge in [-0.3, -0.25) is 4.90 Å². The number of likely N-dealkylation sites (tertiary alicyclic amines) is 2. The van der Waals surface area contributed by atoms with Gasteiger partial charge in [0.15, 0.2) is 0 Å². The summed E-state index contributed by atoms with van der Waals surface area (Å²) in [6.45, 7) is 15.6. The van der Waals surface area contributed by atoms with Gasteiger partial charge in [0.2, 0.25) is 0 Å². The third kappa shape index (κ3) is 8.98. The zero-order chi connectivity index (χ0) is 25.6. The van der Waals surface area contributed by atoms with E-state index in [4.69, 9.17) is 9.47 Å². The third-order valence-electron chi connectivity index (χ3n) is 6.80. The number of carbonyl (C=O) groups is 2. The van der Waals surface area contributed by atoms with E-state index in [0.717, 1.165) is 63.3 Å². The van der Waals surface area contributed by atoms with Gasteiger partial charge in [0, 0.05) is 6.54 Å². The lowest BCUT2D eigenvalue weighted by molar-refractivity contribution is -0.00717. The number of nitrogens with zero attached hydrogens (tertiary/aromatic N) is 3. The molecule has 0 unspecified atom stereocenters. The fraction of sp³-hybridized carbons (Fsp3) is 0.920. The van der Waals surface area contributed by atoms with Crippen molar-refractivity contribution in [3.63, 3.8) is 0 Å². The van der Waals surface area contributed by atoms with Crippen molar-refractivity contribution in [2.75, 3.05) is 52.5 Å². The molecule has 2 rings (SSSR count). The van der Waals surface area contributed by atoms with Crippen LogP contribution >= 0.6 is 0 Å². The van der Waals surface area contributed by atoms with Gasteiger partial charge in [-0.05, 0) is 112 Å². The highest BCUT2D eigenvalue weighted by atomic mass is 16.6. The van der Waals surface area contributed by atoms with Crippen LogP contribution in [0.3, 0.4) is 0 Å². The molecular formula is C25H47N3O6. The van der Waals surface area contributed by atoms with Gasteiger partial charge in [-0.25, -0.2) is 14.5 Å². The van der Waals surface area contributed by atoms with Crippen LogP contribution in [0.15, 0.2) is 0 Å². The van der Waals surface area contributed by atoms with Crippen molar-refractivity contribution in [1.82, 2.24) is 14.7 Å². The molecule has 0 aromatic heterocycles. The first-order valence-corrected chi connectivity index (χ1v) is 12.7. The summed E-state index contributed by atoms with van der Waals surface area (Å²) in [6, 6.07) is -0.143. The Morgan fingerprint density at radius 1 is 0.853 bits per heavy atom. The number of rotatable bonds is 7. The summed E-state index contributed by atoms with van der Waals surface area (Å²) in [6.07, 6.45) is 3.78. The minimum Gasteiger partial charge on any atom is -0.443 e. The first-order chi connectivity index (χ1) is 15.8. The maximum atomic E-state index is 12.6. The van der Waals surface area contributed by atoms with Crippen LogP contribution in [0.1, 0.15) is 73.6 Å². The van der Waals surface area contributed by atoms with Gasteiger partial charge in [-0.2, -0.15) is 0 Å². The summed E-state index contributed by atoms with van der Waals surface area (Å²) in [5.41, 5.74) is -1.04. The Morgan fingerprint density at radius 3 is 1.71 bits per heavy atom. The van der Waals surface area contributed by atoms with Crippen LogP contribution in [-0.4, -0.2) is 107 Å². The maximum Gasteiger partial charge on any atom is 0.419 e. The predicted octanol–water partition coefficient (Wildman–Crippen LogP) is 3.08. The van der Waals surface area contributed by atoms with E-state index in [1.54, 1.807) is 41.5 Å². The zero-order valence-electron chi connectivity index (χ0n) is 22.1. The second-order valence-electron chi connectivity index (χ2n) is 11.9. The van der Waals surface area contributed by atoms with Crippen molar-refractivity contribution in [2.24, 2.45) is 5.41 Å². The van der Waals surface area contributed by atoms with Crippen molar-refractivity contribution >= 4 is 12.2 Å². The normalized spacial score (nSPS) is 19.9. The van der Waals surface area contributed by atoms with E-state index in [9.17, 15) is 19.8 Å². The Labute approximate surface area is 205 Å². The van der Waals surface area contributed by atoms with Crippen LogP contribution in [0.4, 0.5) is 9.59 Å². The Balaban J connectivity index is 1.83. The second-order valence-corrected chi connectivity index (χ2v) is 11.9. The SMILES string of the molecule is CC(C)(C)OC(=O)N(CCCN1CCC2(CC1)CCN(C(CO)CO)CC2)C(=O)OC(C)(C)C. The van der Waals surface area contributed by atoms with Gasteiger partial charge in [0.1, 0.15) is 11.2 Å². The number of aliphatic hydroxyl groups is 2. The largest absolute Gasteiger partial charge is 0.443 e. The summed E-state index contributed by atoms with van der Waals surface area (Å²) in [7, 11) is 0. The van der Waals surface area contributed by atoms with Crippen molar-refractivity contribution in [2.45, 2.75) is 90.9 Å². The molecule has 0 radical (unpaired) electrons. The molecule has 0 bridgehead atoms. The number of carbonyl (C=O) groups excluding carboxylic acids is 2. The van der Waals surface area contributed by atoms with E-state index in [-0.39, 0.29) is 25.8 Å². The van der Waals surface area contributed by atoms with Crippen LogP contribution in [0.25, 0.3) is 0 Å². The number of imide groups is 1. The molecule has 2 amide bonds. The molecule has 34 heavy (non-hydrogen) atoms. The van der Waals surface area contributed by atoms with E-state index in [0.29, 0.717) is 11.8 Å². The van der Waals surface area contributed by atoms with E-state index in [1.807, 2.05) is 0 Å². The van der Waals surface area contributed by atoms with E-state index in [2.05, 4.69) is 9.80 Å². The Kier molecular flexibility index (Phi) is 10.2. The maximum absolute atomic E-state index is 12.6. The zero-order valence-corrected chi connectivity index (χ0v) is 22.1. The highest BCUT2D eigenvalue weighted by Crippen LogP contribution is 2.41. The molecule has 9 heteroatoms. The lowest BCUT2D eigenvalue weighted by Gasteiger charge is -2.48. The number of amides is 2. The fourth-order valence-corrected chi connectivity index (χ4v) is 4.75. The van der Waals surface area contributed by atoms with E-state index < -0.39 is 23.4 Å². The van der Waals surface area contributed by atoms with Crippen LogP contribution in [0.2, 0.25) is 0 Å². The molecular weight excluding hydrogens is 438 g/mol. The standard InChI is InChI=1S/C25H47N3O6/c1-23(2,3)33-21(31)28(22(32)34-24(4,5)6)13-7-12-26-14-8-25(9-15-26)10-16-27(17-11-25)20(18-29)19-30/h20,29-30H,7-19H2,1-6H3. The topological polar surface area (TPSA) is 103 Å². The van der Waals surface area contributed by atoms with Crippen molar-refractivity contribution in [1.29, 1.82) is 0 Å². The van der Waals surface area contributed by atoms with Crippen LogP contribution in [0.5, 0.6) is 0 Å². The number of hydrogen-bond donors (Lipinski definition) is 2. The smallest absolute Gasteiger partial charge is 0.419 e. The molecule has 2 saturated heterocycles. The lowest BCUT2D eigenvalue weighted by atomic mass is 9.71. The van der Waals surface area contributed by atoms with Gasteiger partial charge in [0.25, 0.3) is 0 Å². The molecule has 198 valence electrons. The van der Waals surface area contributed by atoms with Crippen LogP contribution < -0.4 is 0 Å². The number of hydrogen-bond acceptors (Lipinski definition) is 8. The first kappa shape index (κ1) is 28.8. The summed E-state index contributed by atoms with van der Waals surface area (Å²) in [5.74, 6) is 0. The van der Waals surface area contributed by atoms with E-state index in [1.165, 1.54) is 0 Å². The Hall–Kier alpha value is -1.42. The summed E-state index contributed by atoms with van der Waals surface area (Å²) in [4.78, 5) is 31.0. The second kappa shape index (κ2) is 12.0. The van der Waals surface area contributed by atoms with Gasteiger partial charge < -0.3 is 24.6 Å². The molecule has 0 aliphatic carbocycles. The van der Waals surface area contributed by atoms with Crippen molar-refractivity contribution in [3.05, 3.63) is 0 Å². The van der Waals surface area contributed by atoms with Gasteiger partial charge in [-0.1, -0.05) is 0 Å². The summed E-state index contributed by atoms with van der Waals surface area (Å²) >= 11 is 0. The van der Waals surface area contributed by atoms with Gasteiger partial charge in [-0.15, -0.1) is 0 Å². The molecule has 2 heterocycles. The summed E-state index contributed by atoms with van der Waals surface area (Å²) < 4.78 is 10.9. The quantitative estimate of drug-likeness (QED) is 0.567. The van der Waals surface area contributed by atoms with Crippen molar-refractivity contribution < 1.29 is 29.3 Å².